The number of benzene rings is 3. The van der Waals surface area contributed by atoms with Crippen LogP contribution in [0, 0.1) is 11.8 Å². The summed E-state index contributed by atoms with van der Waals surface area (Å²) in [6.07, 6.45) is 5.87. The quantitative estimate of drug-likeness (QED) is 0.232. The van der Waals surface area contributed by atoms with E-state index in [0.29, 0.717) is 25.7 Å². The van der Waals surface area contributed by atoms with Gasteiger partial charge in [-0.05, 0) is 61.1 Å². The minimum atomic E-state index is -0.518. The smallest absolute Gasteiger partial charge is 0.187 e. The van der Waals surface area contributed by atoms with Crippen LogP contribution in [-0.4, -0.2) is 36.8 Å². The van der Waals surface area contributed by atoms with Crippen molar-refractivity contribution in [3.8, 4) is 0 Å². The normalized spacial score (nSPS) is 30.2. The van der Waals surface area contributed by atoms with Crippen LogP contribution in [0.2, 0.25) is 0 Å². The zero-order valence-electron chi connectivity index (χ0n) is 24.2. The zero-order valence-corrected chi connectivity index (χ0v) is 24.2. The molecule has 0 bridgehead atoms. The van der Waals surface area contributed by atoms with Crippen LogP contribution in [0.15, 0.2) is 91.0 Å². The summed E-state index contributed by atoms with van der Waals surface area (Å²) in [4.78, 5) is 0. The lowest BCUT2D eigenvalue weighted by Crippen LogP contribution is -2.60. The van der Waals surface area contributed by atoms with Crippen LogP contribution in [0.3, 0.4) is 0 Å². The van der Waals surface area contributed by atoms with Crippen molar-refractivity contribution in [2.75, 3.05) is 0 Å². The third-order valence-corrected chi connectivity index (χ3v) is 8.87. The summed E-state index contributed by atoms with van der Waals surface area (Å²) in [5.41, 5.74) is 3.35. The van der Waals surface area contributed by atoms with Gasteiger partial charge in [0, 0.05) is 0 Å². The van der Waals surface area contributed by atoms with Gasteiger partial charge in [0.25, 0.3) is 0 Å². The van der Waals surface area contributed by atoms with Crippen LogP contribution >= 0.6 is 0 Å². The summed E-state index contributed by atoms with van der Waals surface area (Å²) in [6, 6.07) is 30.9. The van der Waals surface area contributed by atoms with Gasteiger partial charge in [0.05, 0.1) is 32.0 Å². The standard InChI is InChI=1S/C36H44O5/c1-26-33(37-23-27-13-5-2-6-14-27)34(38-24-28-15-7-3-8-16-28)35(39-25-29-17-9-4-10-18-29)36(40-26)41-32-20-12-11-19-31(32)30-21-22-30/h2-10,13-18,26,30-36H,11-12,19-25H2,1H3/t26-,31-,32-,33+,34+,35-,36+/m1/s1. The van der Waals surface area contributed by atoms with Gasteiger partial charge in [0.1, 0.15) is 18.3 Å². The van der Waals surface area contributed by atoms with Crippen LogP contribution in [0.5, 0.6) is 0 Å². The van der Waals surface area contributed by atoms with Crippen molar-refractivity contribution in [3.05, 3.63) is 108 Å². The van der Waals surface area contributed by atoms with E-state index in [2.05, 4.69) is 43.3 Å². The first-order chi connectivity index (χ1) is 20.2. The Labute approximate surface area is 245 Å². The second-order valence-corrected chi connectivity index (χ2v) is 12.0. The molecule has 3 aromatic rings. The summed E-state index contributed by atoms with van der Waals surface area (Å²) in [7, 11) is 0. The van der Waals surface area contributed by atoms with Crippen molar-refractivity contribution in [3.63, 3.8) is 0 Å². The largest absolute Gasteiger partial charge is 0.368 e. The lowest BCUT2D eigenvalue weighted by molar-refractivity contribution is -0.333. The van der Waals surface area contributed by atoms with Gasteiger partial charge in [-0.1, -0.05) is 104 Å². The highest BCUT2D eigenvalue weighted by atomic mass is 16.7. The minimum absolute atomic E-state index is 0.202. The van der Waals surface area contributed by atoms with E-state index < -0.39 is 12.4 Å². The van der Waals surface area contributed by atoms with Crippen LogP contribution in [0.25, 0.3) is 0 Å². The highest BCUT2D eigenvalue weighted by Crippen LogP contribution is 2.46. The van der Waals surface area contributed by atoms with Gasteiger partial charge in [-0.3, -0.25) is 0 Å². The molecule has 5 heteroatoms. The summed E-state index contributed by atoms with van der Waals surface area (Å²) < 4.78 is 33.6. The van der Waals surface area contributed by atoms with E-state index >= 15 is 0 Å². The van der Waals surface area contributed by atoms with Crippen molar-refractivity contribution < 1.29 is 23.7 Å². The highest BCUT2D eigenvalue weighted by Gasteiger charge is 2.49. The number of ether oxygens (including phenoxy) is 5. The first kappa shape index (κ1) is 28.6. The van der Waals surface area contributed by atoms with Gasteiger partial charge in [0.15, 0.2) is 6.29 Å². The van der Waals surface area contributed by atoms with Gasteiger partial charge in [-0.2, -0.15) is 0 Å². The second kappa shape index (κ2) is 14.1. The Kier molecular flexibility index (Phi) is 9.82. The van der Waals surface area contributed by atoms with Crippen molar-refractivity contribution in [2.24, 2.45) is 11.8 Å². The van der Waals surface area contributed by atoms with E-state index in [-0.39, 0.29) is 24.4 Å². The van der Waals surface area contributed by atoms with E-state index in [1.54, 1.807) is 0 Å². The molecule has 2 aliphatic carbocycles. The van der Waals surface area contributed by atoms with Crippen LogP contribution < -0.4 is 0 Å². The van der Waals surface area contributed by atoms with Crippen molar-refractivity contribution >= 4 is 0 Å². The molecule has 5 nitrogen and oxygen atoms in total. The Morgan fingerprint density at radius 2 is 1.07 bits per heavy atom. The number of rotatable bonds is 12. The van der Waals surface area contributed by atoms with Gasteiger partial charge in [-0.25, -0.2) is 0 Å². The molecule has 6 rings (SSSR count). The molecule has 1 saturated heterocycles. The fourth-order valence-corrected chi connectivity index (χ4v) is 6.51. The van der Waals surface area contributed by atoms with Crippen molar-refractivity contribution in [1.29, 1.82) is 0 Å². The molecule has 3 aromatic carbocycles. The first-order valence-electron chi connectivity index (χ1n) is 15.5. The van der Waals surface area contributed by atoms with Gasteiger partial charge in [-0.15, -0.1) is 0 Å². The number of hydrogen-bond acceptors (Lipinski definition) is 5. The van der Waals surface area contributed by atoms with Gasteiger partial charge >= 0.3 is 0 Å². The maximum atomic E-state index is 6.93. The SMILES string of the molecule is C[C@H]1O[C@@H](O[C@@H]2CCCC[C@@H]2C2CC2)[C@H](OCc2ccccc2)[C@@H](OCc2ccccc2)[C@H]1OCc1ccccc1. The maximum absolute atomic E-state index is 6.93. The molecule has 1 aliphatic heterocycles. The summed E-state index contributed by atoms with van der Waals surface area (Å²) in [5, 5.41) is 0. The van der Waals surface area contributed by atoms with Crippen LogP contribution in [-0.2, 0) is 43.5 Å². The molecule has 0 aromatic heterocycles. The van der Waals surface area contributed by atoms with Gasteiger partial charge < -0.3 is 23.7 Å². The lowest BCUT2D eigenvalue weighted by Gasteiger charge is -2.47. The summed E-state index contributed by atoms with van der Waals surface area (Å²) in [6.45, 7) is 3.48. The molecule has 0 unspecified atom stereocenters. The molecule has 0 amide bonds. The fourth-order valence-electron chi connectivity index (χ4n) is 6.51. The predicted molar refractivity (Wildman–Crippen MR) is 159 cm³/mol. The average Bonchev–Trinajstić information content (AvgIpc) is 3.87. The minimum Gasteiger partial charge on any atom is -0.368 e. The molecule has 1 heterocycles. The van der Waals surface area contributed by atoms with Crippen LogP contribution in [0.1, 0.15) is 62.1 Å². The molecular weight excluding hydrogens is 512 g/mol. The highest BCUT2D eigenvalue weighted by molar-refractivity contribution is 5.15. The third-order valence-electron chi connectivity index (χ3n) is 8.87. The Balaban J connectivity index is 1.26. The molecule has 3 fully saturated rings. The molecule has 218 valence electrons. The topological polar surface area (TPSA) is 46.2 Å². The fraction of sp³-hybridized carbons (Fsp3) is 0.500. The Hall–Kier alpha value is -2.54. The predicted octanol–water partition coefficient (Wildman–Crippen LogP) is 7.47. The summed E-state index contributed by atoms with van der Waals surface area (Å²) >= 11 is 0. The molecule has 0 spiro atoms. The lowest BCUT2D eigenvalue weighted by atomic mass is 9.83. The molecule has 2 saturated carbocycles. The average molecular weight is 557 g/mol. The number of hydrogen-bond donors (Lipinski definition) is 0. The van der Waals surface area contributed by atoms with Crippen LogP contribution in [0.4, 0.5) is 0 Å². The monoisotopic (exact) mass is 556 g/mol. The Morgan fingerprint density at radius 3 is 1.61 bits per heavy atom. The van der Waals surface area contributed by atoms with E-state index in [1.807, 2.05) is 54.6 Å². The van der Waals surface area contributed by atoms with E-state index in [1.165, 1.54) is 32.1 Å². The Morgan fingerprint density at radius 1 is 0.585 bits per heavy atom. The zero-order chi connectivity index (χ0) is 27.9. The molecule has 7 atom stereocenters. The van der Waals surface area contributed by atoms with Crippen molar-refractivity contribution in [1.82, 2.24) is 0 Å². The van der Waals surface area contributed by atoms with Gasteiger partial charge in [0.2, 0.25) is 0 Å². The molecule has 41 heavy (non-hydrogen) atoms. The molecular formula is C36H44O5. The summed E-state index contributed by atoms with van der Waals surface area (Å²) in [5.74, 6) is 1.42. The van der Waals surface area contributed by atoms with Crippen molar-refractivity contribution in [2.45, 2.75) is 102 Å². The molecule has 0 N–H and O–H groups in total. The van der Waals surface area contributed by atoms with E-state index in [9.17, 15) is 0 Å². The second-order valence-electron chi connectivity index (χ2n) is 12.0. The first-order valence-corrected chi connectivity index (χ1v) is 15.5. The Bertz CT molecular complexity index is 1170. The molecule has 3 aliphatic rings. The third kappa shape index (κ3) is 7.65. The maximum Gasteiger partial charge on any atom is 0.187 e. The molecule has 0 radical (unpaired) electrons. The van der Waals surface area contributed by atoms with E-state index in [0.717, 1.165) is 29.0 Å². The van der Waals surface area contributed by atoms with E-state index in [4.69, 9.17) is 23.7 Å².